The van der Waals surface area contributed by atoms with Crippen LogP contribution in [0.15, 0.2) is 34.9 Å². The van der Waals surface area contributed by atoms with Gasteiger partial charge in [-0.05, 0) is 32.2 Å². The maximum atomic E-state index is 5.50. The molecular weight excluding hydrogens is 228 g/mol. The van der Waals surface area contributed by atoms with E-state index in [9.17, 15) is 0 Å². The quantitative estimate of drug-likeness (QED) is 0.880. The molecule has 4 heteroatoms. The van der Waals surface area contributed by atoms with Gasteiger partial charge in [-0.2, -0.15) is 0 Å². The highest BCUT2D eigenvalue weighted by Crippen LogP contribution is 2.23. The summed E-state index contributed by atoms with van der Waals surface area (Å²) in [4.78, 5) is 4.48. The van der Waals surface area contributed by atoms with Gasteiger partial charge in [0.25, 0.3) is 0 Å². The Morgan fingerprint density at radius 1 is 1.44 bits per heavy atom. The lowest BCUT2D eigenvalue weighted by Gasteiger charge is -2.05. The van der Waals surface area contributed by atoms with E-state index in [2.05, 4.69) is 17.2 Å². The zero-order chi connectivity index (χ0) is 13.0. The molecule has 0 saturated carbocycles. The van der Waals surface area contributed by atoms with Crippen molar-refractivity contribution in [3.8, 4) is 17.2 Å². The van der Waals surface area contributed by atoms with Crippen LogP contribution in [-0.4, -0.2) is 25.2 Å². The molecule has 2 rings (SSSR count). The lowest BCUT2D eigenvalue weighted by Crippen LogP contribution is -2.23. The third-order valence-corrected chi connectivity index (χ3v) is 2.88. The standard InChI is InChI=1S/C14H18N2O2/c1-10(15-2)7-12-9-18-14(16-12)11-5-4-6-13(8-11)17-3/h4-6,8-10,15H,7H2,1-3H3. The van der Waals surface area contributed by atoms with Gasteiger partial charge in [0.1, 0.15) is 12.0 Å². The van der Waals surface area contributed by atoms with Crippen LogP contribution < -0.4 is 10.1 Å². The molecule has 0 saturated heterocycles. The number of oxazole rings is 1. The van der Waals surface area contributed by atoms with Gasteiger partial charge in [0.15, 0.2) is 0 Å². The average molecular weight is 246 g/mol. The molecule has 4 nitrogen and oxygen atoms in total. The van der Waals surface area contributed by atoms with Crippen LogP contribution in [0.4, 0.5) is 0 Å². The van der Waals surface area contributed by atoms with Crippen molar-refractivity contribution in [1.29, 1.82) is 0 Å². The maximum absolute atomic E-state index is 5.50. The Hall–Kier alpha value is -1.81. The second-order valence-corrected chi connectivity index (χ2v) is 4.27. The van der Waals surface area contributed by atoms with E-state index >= 15 is 0 Å². The Labute approximate surface area is 107 Å². The molecule has 0 bridgehead atoms. The number of likely N-dealkylation sites (N-methyl/N-ethyl adjacent to an activating group) is 1. The fraction of sp³-hybridized carbons (Fsp3) is 0.357. The minimum absolute atomic E-state index is 0.383. The van der Waals surface area contributed by atoms with Gasteiger partial charge < -0.3 is 14.5 Å². The molecule has 1 N–H and O–H groups in total. The number of methoxy groups -OCH3 is 1. The van der Waals surface area contributed by atoms with Crippen molar-refractivity contribution in [2.75, 3.05) is 14.2 Å². The molecule has 0 fully saturated rings. The zero-order valence-electron chi connectivity index (χ0n) is 10.9. The van der Waals surface area contributed by atoms with Crippen LogP contribution in [0, 0.1) is 0 Å². The predicted molar refractivity (Wildman–Crippen MR) is 70.7 cm³/mol. The molecule has 1 unspecified atom stereocenters. The van der Waals surface area contributed by atoms with E-state index in [0.29, 0.717) is 11.9 Å². The Kier molecular flexibility index (Phi) is 3.99. The van der Waals surface area contributed by atoms with Crippen molar-refractivity contribution in [1.82, 2.24) is 10.3 Å². The molecule has 1 aromatic carbocycles. The lowest BCUT2D eigenvalue weighted by atomic mass is 10.2. The van der Waals surface area contributed by atoms with Crippen LogP contribution in [0.3, 0.4) is 0 Å². The molecule has 0 radical (unpaired) electrons. The number of nitrogens with one attached hydrogen (secondary N) is 1. The second kappa shape index (κ2) is 5.69. The smallest absolute Gasteiger partial charge is 0.226 e. The number of benzene rings is 1. The van der Waals surface area contributed by atoms with Crippen molar-refractivity contribution in [2.45, 2.75) is 19.4 Å². The molecule has 2 aromatic rings. The first-order valence-electron chi connectivity index (χ1n) is 5.99. The van der Waals surface area contributed by atoms with E-state index in [1.54, 1.807) is 13.4 Å². The third kappa shape index (κ3) is 2.90. The van der Waals surface area contributed by atoms with Crippen molar-refractivity contribution in [3.05, 3.63) is 36.2 Å². The summed E-state index contributed by atoms with van der Waals surface area (Å²) in [6.45, 7) is 2.11. The van der Waals surface area contributed by atoms with Gasteiger partial charge >= 0.3 is 0 Å². The van der Waals surface area contributed by atoms with E-state index in [1.807, 2.05) is 31.3 Å². The van der Waals surface area contributed by atoms with Gasteiger partial charge in [0.2, 0.25) is 5.89 Å². The number of hydrogen-bond donors (Lipinski definition) is 1. The topological polar surface area (TPSA) is 47.3 Å². The minimum Gasteiger partial charge on any atom is -0.497 e. The third-order valence-electron chi connectivity index (χ3n) is 2.88. The number of hydrogen-bond acceptors (Lipinski definition) is 4. The summed E-state index contributed by atoms with van der Waals surface area (Å²) in [5.74, 6) is 1.43. The Morgan fingerprint density at radius 3 is 3.00 bits per heavy atom. The van der Waals surface area contributed by atoms with Gasteiger partial charge in [-0.1, -0.05) is 6.07 Å². The highest BCUT2D eigenvalue weighted by molar-refractivity contribution is 5.55. The summed E-state index contributed by atoms with van der Waals surface area (Å²) in [6, 6.07) is 8.08. The largest absolute Gasteiger partial charge is 0.497 e. The Balaban J connectivity index is 2.18. The molecule has 0 aliphatic heterocycles. The molecule has 1 heterocycles. The molecule has 96 valence electrons. The molecule has 18 heavy (non-hydrogen) atoms. The molecule has 0 aliphatic rings. The fourth-order valence-electron chi connectivity index (χ4n) is 1.71. The fourth-order valence-corrected chi connectivity index (χ4v) is 1.71. The SMILES string of the molecule is CNC(C)Cc1coc(-c2cccc(OC)c2)n1. The van der Waals surface area contributed by atoms with Crippen LogP contribution >= 0.6 is 0 Å². The first-order chi connectivity index (χ1) is 8.72. The number of aromatic nitrogens is 1. The number of nitrogens with zero attached hydrogens (tertiary/aromatic N) is 1. The molecular formula is C14H18N2O2. The Bertz CT molecular complexity index is 508. The monoisotopic (exact) mass is 246 g/mol. The molecule has 0 aliphatic carbocycles. The van der Waals surface area contributed by atoms with Crippen LogP contribution in [0.25, 0.3) is 11.5 Å². The van der Waals surface area contributed by atoms with Gasteiger partial charge in [-0.15, -0.1) is 0 Å². The number of rotatable bonds is 5. The summed E-state index contributed by atoms with van der Waals surface area (Å²) in [5.41, 5.74) is 1.88. The Morgan fingerprint density at radius 2 is 2.28 bits per heavy atom. The van der Waals surface area contributed by atoms with E-state index in [1.165, 1.54) is 0 Å². The van der Waals surface area contributed by atoms with Gasteiger partial charge in [-0.3, -0.25) is 0 Å². The van der Waals surface area contributed by atoms with Crippen molar-refractivity contribution >= 4 is 0 Å². The summed E-state index contributed by atoms with van der Waals surface area (Å²) in [5, 5.41) is 3.18. The molecule has 0 spiro atoms. The van der Waals surface area contributed by atoms with Crippen molar-refractivity contribution in [2.24, 2.45) is 0 Å². The highest BCUT2D eigenvalue weighted by Gasteiger charge is 2.09. The molecule has 1 atom stereocenters. The highest BCUT2D eigenvalue weighted by atomic mass is 16.5. The summed E-state index contributed by atoms with van der Waals surface area (Å²) in [7, 11) is 3.59. The van der Waals surface area contributed by atoms with Crippen molar-refractivity contribution < 1.29 is 9.15 Å². The van der Waals surface area contributed by atoms with Crippen LogP contribution in [-0.2, 0) is 6.42 Å². The normalized spacial score (nSPS) is 12.4. The molecule has 1 aromatic heterocycles. The zero-order valence-corrected chi connectivity index (χ0v) is 10.9. The van der Waals surface area contributed by atoms with E-state index < -0.39 is 0 Å². The van der Waals surface area contributed by atoms with Gasteiger partial charge in [-0.25, -0.2) is 4.98 Å². The lowest BCUT2D eigenvalue weighted by molar-refractivity contribution is 0.414. The van der Waals surface area contributed by atoms with E-state index in [-0.39, 0.29) is 0 Å². The second-order valence-electron chi connectivity index (χ2n) is 4.27. The predicted octanol–water partition coefficient (Wildman–Crippen LogP) is 2.50. The number of ether oxygens (including phenoxy) is 1. The first-order valence-corrected chi connectivity index (χ1v) is 5.99. The maximum Gasteiger partial charge on any atom is 0.226 e. The average Bonchev–Trinajstić information content (AvgIpc) is 2.87. The van der Waals surface area contributed by atoms with Crippen LogP contribution in [0.2, 0.25) is 0 Å². The summed E-state index contributed by atoms with van der Waals surface area (Å²) < 4.78 is 10.7. The summed E-state index contributed by atoms with van der Waals surface area (Å²) >= 11 is 0. The summed E-state index contributed by atoms with van der Waals surface area (Å²) in [6.07, 6.45) is 2.56. The van der Waals surface area contributed by atoms with E-state index in [0.717, 1.165) is 23.4 Å². The van der Waals surface area contributed by atoms with E-state index in [4.69, 9.17) is 9.15 Å². The minimum atomic E-state index is 0.383. The molecule has 0 amide bonds. The van der Waals surface area contributed by atoms with Gasteiger partial charge in [0.05, 0.1) is 12.8 Å². The van der Waals surface area contributed by atoms with Crippen LogP contribution in [0.5, 0.6) is 5.75 Å². The van der Waals surface area contributed by atoms with Crippen LogP contribution in [0.1, 0.15) is 12.6 Å². The van der Waals surface area contributed by atoms with Crippen molar-refractivity contribution in [3.63, 3.8) is 0 Å². The first kappa shape index (κ1) is 12.6. The van der Waals surface area contributed by atoms with Gasteiger partial charge in [0, 0.05) is 18.0 Å².